The molecular weight excluding hydrogens is 224 g/mol. The zero-order valence-corrected chi connectivity index (χ0v) is 10.5. The summed E-state index contributed by atoms with van der Waals surface area (Å²) in [6.45, 7) is 6.27. The van der Waals surface area contributed by atoms with Gasteiger partial charge in [-0.2, -0.15) is 0 Å². The van der Waals surface area contributed by atoms with E-state index in [1.165, 1.54) is 26.0 Å². The highest BCUT2D eigenvalue weighted by Gasteiger charge is 2.28. The van der Waals surface area contributed by atoms with Crippen LogP contribution < -0.4 is 5.32 Å². The van der Waals surface area contributed by atoms with Crippen LogP contribution in [0.3, 0.4) is 0 Å². The molecule has 0 aromatic heterocycles. The maximum Gasteiger partial charge on any atom is 0.165 e. The Morgan fingerprint density at radius 2 is 1.94 bits per heavy atom. The summed E-state index contributed by atoms with van der Waals surface area (Å²) in [4.78, 5) is 0. The normalized spacial score (nSPS) is 14.7. The number of aliphatic hydroxyl groups is 1. The fourth-order valence-corrected chi connectivity index (χ4v) is 1.71. The summed E-state index contributed by atoms with van der Waals surface area (Å²) < 4.78 is 27.1. The molecule has 1 unspecified atom stereocenters. The van der Waals surface area contributed by atoms with E-state index < -0.39 is 17.2 Å². The number of hydrogen-bond acceptors (Lipinski definition) is 2. The van der Waals surface area contributed by atoms with E-state index in [9.17, 15) is 13.9 Å². The summed E-state index contributed by atoms with van der Waals surface area (Å²) in [5.41, 5.74) is -1.10. The molecule has 0 saturated heterocycles. The summed E-state index contributed by atoms with van der Waals surface area (Å²) >= 11 is 0. The largest absolute Gasteiger partial charge is 0.385 e. The number of halogens is 2. The molecule has 2 N–H and O–H groups in total. The van der Waals surface area contributed by atoms with Gasteiger partial charge in [-0.15, -0.1) is 0 Å². The minimum Gasteiger partial charge on any atom is -0.385 e. The molecule has 96 valence electrons. The molecule has 0 heterocycles. The van der Waals surface area contributed by atoms with Gasteiger partial charge < -0.3 is 10.4 Å². The van der Waals surface area contributed by atoms with Crippen molar-refractivity contribution >= 4 is 0 Å². The van der Waals surface area contributed by atoms with Crippen LogP contribution in [0.2, 0.25) is 0 Å². The minimum atomic E-state index is -1.36. The van der Waals surface area contributed by atoms with E-state index >= 15 is 0 Å². The van der Waals surface area contributed by atoms with Gasteiger partial charge in [0.25, 0.3) is 0 Å². The van der Waals surface area contributed by atoms with E-state index in [2.05, 4.69) is 5.32 Å². The molecule has 1 aromatic rings. The monoisotopic (exact) mass is 243 g/mol. The summed E-state index contributed by atoms with van der Waals surface area (Å²) in [5, 5.41) is 13.2. The summed E-state index contributed by atoms with van der Waals surface area (Å²) in [7, 11) is 0. The minimum absolute atomic E-state index is 0.0125. The van der Waals surface area contributed by atoms with E-state index in [4.69, 9.17) is 0 Å². The second-order valence-electron chi connectivity index (χ2n) is 4.44. The van der Waals surface area contributed by atoms with Crippen LogP contribution in [-0.2, 0) is 5.60 Å². The van der Waals surface area contributed by atoms with Crippen molar-refractivity contribution in [1.29, 1.82) is 0 Å². The highest BCUT2D eigenvalue weighted by Crippen LogP contribution is 2.28. The van der Waals surface area contributed by atoms with E-state index in [0.717, 1.165) is 6.54 Å². The lowest BCUT2D eigenvalue weighted by atomic mass is 9.91. The molecule has 1 rings (SSSR count). The molecule has 1 atom stereocenters. The van der Waals surface area contributed by atoms with Crippen LogP contribution in [0.15, 0.2) is 12.1 Å². The molecule has 0 radical (unpaired) electrons. The van der Waals surface area contributed by atoms with Gasteiger partial charge in [0.05, 0.1) is 5.60 Å². The quantitative estimate of drug-likeness (QED) is 0.779. The van der Waals surface area contributed by atoms with Gasteiger partial charge >= 0.3 is 0 Å². The summed E-state index contributed by atoms with van der Waals surface area (Å²) in [6.07, 6.45) is 0.334. The van der Waals surface area contributed by atoms with Crippen LogP contribution in [0.5, 0.6) is 0 Å². The summed E-state index contributed by atoms with van der Waals surface area (Å²) in [5.74, 6) is -1.84. The lowest BCUT2D eigenvalue weighted by Gasteiger charge is -2.25. The van der Waals surface area contributed by atoms with Gasteiger partial charge in [-0.3, -0.25) is 0 Å². The second-order valence-corrected chi connectivity index (χ2v) is 4.44. The number of benzene rings is 1. The van der Waals surface area contributed by atoms with Crippen molar-refractivity contribution in [3.8, 4) is 0 Å². The first-order valence-corrected chi connectivity index (χ1v) is 5.78. The van der Waals surface area contributed by atoms with Crippen molar-refractivity contribution in [3.63, 3.8) is 0 Å². The molecule has 1 aromatic carbocycles. The Bertz CT molecular complexity index is 391. The summed E-state index contributed by atoms with van der Waals surface area (Å²) in [6, 6.07) is 2.93. The van der Waals surface area contributed by atoms with Gasteiger partial charge in [0.1, 0.15) is 0 Å². The van der Waals surface area contributed by atoms with E-state index in [-0.39, 0.29) is 11.1 Å². The predicted octanol–water partition coefficient (Wildman–Crippen LogP) is 2.48. The number of nitrogens with one attached hydrogen (secondary N) is 1. The molecule has 17 heavy (non-hydrogen) atoms. The molecule has 0 spiro atoms. The Morgan fingerprint density at radius 1 is 1.29 bits per heavy atom. The first-order valence-electron chi connectivity index (χ1n) is 5.78. The number of rotatable bonds is 5. The molecule has 0 aliphatic heterocycles. The van der Waals surface area contributed by atoms with E-state index in [1.54, 1.807) is 0 Å². The zero-order valence-electron chi connectivity index (χ0n) is 10.5. The van der Waals surface area contributed by atoms with Gasteiger partial charge in [0.2, 0.25) is 0 Å². The van der Waals surface area contributed by atoms with Crippen LogP contribution in [-0.4, -0.2) is 18.2 Å². The first kappa shape index (κ1) is 14.1. The van der Waals surface area contributed by atoms with Crippen molar-refractivity contribution in [2.75, 3.05) is 13.1 Å². The van der Waals surface area contributed by atoms with E-state index in [0.29, 0.717) is 13.0 Å². The molecule has 0 saturated carbocycles. The van der Waals surface area contributed by atoms with Crippen molar-refractivity contribution in [1.82, 2.24) is 5.32 Å². The predicted molar refractivity (Wildman–Crippen MR) is 63.8 cm³/mol. The van der Waals surface area contributed by atoms with Crippen molar-refractivity contribution < 1.29 is 13.9 Å². The highest BCUT2D eigenvalue weighted by molar-refractivity contribution is 5.29. The molecule has 4 heteroatoms. The Morgan fingerprint density at radius 3 is 2.53 bits per heavy atom. The van der Waals surface area contributed by atoms with Gasteiger partial charge in [0, 0.05) is 5.56 Å². The standard InChI is InChI=1S/C13H19F2NO/c1-4-16-8-7-13(3,17)10-6-5-9(2)11(14)12(10)15/h5-6,16-17H,4,7-8H2,1-3H3. The van der Waals surface area contributed by atoms with Crippen LogP contribution in [0, 0.1) is 18.6 Å². The molecule has 0 aliphatic rings. The van der Waals surface area contributed by atoms with Crippen LogP contribution in [0.4, 0.5) is 8.78 Å². The van der Waals surface area contributed by atoms with Crippen molar-refractivity contribution in [3.05, 3.63) is 34.9 Å². The SMILES string of the molecule is CCNCCC(C)(O)c1ccc(C)c(F)c1F. The third kappa shape index (κ3) is 3.23. The Hall–Kier alpha value is -1.00. The third-order valence-electron chi connectivity index (χ3n) is 2.89. The lowest BCUT2D eigenvalue weighted by Crippen LogP contribution is -2.29. The number of aryl methyl sites for hydroxylation is 1. The average Bonchev–Trinajstić information content (AvgIpc) is 2.26. The molecule has 0 fully saturated rings. The Balaban J connectivity index is 2.94. The zero-order chi connectivity index (χ0) is 13.1. The van der Waals surface area contributed by atoms with Crippen LogP contribution in [0.25, 0.3) is 0 Å². The van der Waals surface area contributed by atoms with Crippen molar-refractivity contribution in [2.24, 2.45) is 0 Å². The molecule has 2 nitrogen and oxygen atoms in total. The van der Waals surface area contributed by atoms with Crippen LogP contribution >= 0.6 is 0 Å². The second kappa shape index (κ2) is 5.56. The number of hydrogen-bond donors (Lipinski definition) is 2. The smallest absolute Gasteiger partial charge is 0.165 e. The van der Waals surface area contributed by atoms with Gasteiger partial charge in [0.15, 0.2) is 11.6 Å². The fourth-order valence-electron chi connectivity index (χ4n) is 1.71. The molecular formula is C13H19F2NO. The lowest BCUT2D eigenvalue weighted by molar-refractivity contribution is 0.0437. The van der Waals surface area contributed by atoms with Gasteiger partial charge in [-0.1, -0.05) is 19.1 Å². The van der Waals surface area contributed by atoms with Gasteiger partial charge in [-0.05, 0) is 38.9 Å². The molecule has 0 bridgehead atoms. The third-order valence-corrected chi connectivity index (χ3v) is 2.89. The van der Waals surface area contributed by atoms with Crippen molar-refractivity contribution in [2.45, 2.75) is 32.8 Å². The maximum absolute atomic E-state index is 13.7. The first-order chi connectivity index (χ1) is 7.90. The van der Waals surface area contributed by atoms with Gasteiger partial charge in [-0.25, -0.2) is 8.78 Å². The maximum atomic E-state index is 13.7. The molecule has 0 amide bonds. The Labute approximate surface area is 101 Å². The van der Waals surface area contributed by atoms with E-state index in [1.807, 2.05) is 6.92 Å². The van der Waals surface area contributed by atoms with Crippen LogP contribution in [0.1, 0.15) is 31.4 Å². The fraction of sp³-hybridized carbons (Fsp3) is 0.538. The highest BCUT2D eigenvalue weighted by atomic mass is 19.2. The Kier molecular flexibility index (Phi) is 4.60. The topological polar surface area (TPSA) is 32.3 Å². The average molecular weight is 243 g/mol. The molecule has 0 aliphatic carbocycles.